The zero-order chi connectivity index (χ0) is 20.1. The van der Waals surface area contributed by atoms with Gasteiger partial charge in [-0.1, -0.05) is 40.5 Å². The van der Waals surface area contributed by atoms with E-state index in [2.05, 4.69) is 10.3 Å². The van der Waals surface area contributed by atoms with Crippen LogP contribution < -0.4 is 0 Å². The van der Waals surface area contributed by atoms with Crippen molar-refractivity contribution in [1.29, 1.82) is 0 Å². The minimum Gasteiger partial charge on any atom is -0.396 e. The molecule has 0 spiro atoms. The van der Waals surface area contributed by atoms with Gasteiger partial charge in [-0.25, -0.2) is 13.5 Å². The molecule has 28 heavy (non-hydrogen) atoms. The van der Waals surface area contributed by atoms with E-state index >= 15 is 0 Å². The Kier molecular flexibility index (Phi) is 6.96. The minimum atomic E-state index is -0.688. The van der Waals surface area contributed by atoms with E-state index in [4.69, 9.17) is 33.0 Å². The highest BCUT2D eigenvalue weighted by Gasteiger charge is 2.19. The van der Waals surface area contributed by atoms with Crippen molar-refractivity contribution in [2.45, 2.75) is 25.7 Å². The molecule has 5 nitrogen and oxygen atoms in total. The van der Waals surface area contributed by atoms with E-state index < -0.39 is 17.7 Å². The first kappa shape index (κ1) is 20.7. The van der Waals surface area contributed by atoms with Crippen LogP contribution in [0.15, 0.2) is 42.6 Å². The quantitative estimate of drug-likeness (QED) is 0.580. The maximum Gasteiger partial charge on any atom is 0.131 e. The van der Waals surface area contributed by atoms with Gasteiger partial charge in [0.2, 0.25) is 0 Å². The molecule has 148 valence electrons. The van der Waals surface area contributed by atoms with Gasteiger partial charge in [-0.15, -0.1) is 5.10 Å². The van der Waals surface area contributed by atoms with Crippen molar-refractivity contribution in [3.63, 3.8) is 0 Å². The maximum absolute atomic E-state index is 13.9. The summed E-state index contributed by atoms with van der Waals surface area (Å²) < 4.78 is 34.5. The van der Waals surface area contributed by atoms with E-state index in [9.17, 15) is 8.78 Å². The number of benzene rings is 2. The molecule has 1 N–H and O–H groups in total. The molecule has 3 aromatic rings. The predicted octanol–water partition coefficient (Wildman–Crippen LogP) is 4.36. The molecule has 2 aromatic carbocycles. The summed E-state index contributed by atoms with van der Waals surface area (Å²) in [6.07, 6.45) is 1.49. The summed E-state index contributed by atoms with van der Waals surface area (Å²) in [4.78, 5) is 0. The third-order valence-corrected chi connectivity index (χ3v) is 4.63. The van der Waals surface area contributed by atoms with Gasteiger partial charge in [0.05, 0.1) is 18.8 Å². The van der Waals surface area contributed by atoms with Crippen LogP contribution in [0.5, 0.6) is 0 Å². The van der Waals surface area contributed by atoms with Crippen LogP contribution in [-0.4, -0.2) is 26.7 Å². The first-order chi connectivity index (χ1) is 13.5. The van der Waals surface area contributed by atoms with Gasteiger partial charge < -0.3 is 9.84 Å². The molecule has 0 amide bonds. The van der Waals surface area contributed by atoms with Crippen molar-refractivity contribution < 1.29 is 18.6 Å². The normalized spacial score (nSPS) is 12.3. The molecule has 0 aliphatic heterocycles. The molecule has 0 bridgehead atoms. The highest BCUT2D eigenvalue weighted by atomic mass is 35.5. The standard InChI is InChI=1S/C19H17Cl2F2N3O2/c20-13-2-4-16(17(21)7-13)19(10-26-9-15(5-6-27)24-25-26)28-11-12-1-3-14(22)8-18(12)23/h1-4,7-9,19,27H,5-6,10-11H2. The van der Waals surface area contributed by atoms with Crippen LogP contribution in [0.25, 0.3) is 0 Å². The lowest BCUT2D eigenvalue weighted by atomic mass is 10.1. The molecule has 1 aromatic heterocycles. The van der Waals surface area contributed by atoms with Crippen molar-refractivity contribution in [2.24, 2.45) is 0 Å². The molecule has 1 heterocycles. The number of hydrogen-bond donors (Lipinski definition) is 1. The maximum atomic E-state index is 13.9. The SMILES string of the molecule is OCCc1cn(CC(OCc2ccc(F)cc2F)c2ccc(Cl)cc2Cl)nn1. The smallest absolute Gasteiger partial charge is 0.131 e. The van der Waals surface area contributed by atoms with E-state index in [0.29, 0.717) is 27.7 Å². The number of rotatable bonds is 8. The molecule has 0 saturated heterocycles. The molecule has 0 aliphatic carbocycles. The summed E-state index contributed by atoms with van der Waals surface area (Å²) >= 11 is 12.3. The zero-order valence-corrected chi connectivity index (χ0v) is 16.2. The first-order valence-corrected chi connectivity index (χ1v) is 9.22. The van der Waals surface area contributed by atoms with Crippen LogP contribution in [0.2, 0.25) is 10.0 Å². The second-order valence-electron chi connectivity index (χ2n) is 6.11. The number of aliphatic hydroxyl groups excluding tert-OH is 1. The zero-order valence-electron chi connectivity index (χ0n) is 14.7. The Bertz CT molecular complexity index is 953. The summed E-state index contributed by atoms with van der Waals surface area (Å²) in [6, 6.07) is 8.30. The Morgan fingerprint density at radius 2 is 1.96 bits per heavy atom. The van der Waals surface area contributed by atoms with Crippen LogP contribution in [0.4, 0.5) is 8.78 Å². The average Bonchev–Trinajstić information content (AvgIpc) is 3.07. The van der Waals surface area contributed by atoms with Crippen LogP contribution in [0.3, 0.4) is 0 Å². The van der Waals surface area contributed by atoms with Crippen molar-refractivity contribution >= 4 is 23.2 Å². The van der Waals surface area contributed by atoms with Gasteiger partial charge in [-0.05, 0) is 18.2 Å². The number of halogens is 4. The van der Waals surface area contributed by atoms with Gasteiger partial charge in [-0.3, -0.25) is 0 Å². The van der Waals surface area contributed by atoms with Gasteiger partial charge in [0, 0.05) is 46.5 Å². The van der Waals surface area contributed by atoms with Crippen molar-refractivity contribution in [2.75, 3.05) is 6.61 Å². The monoisotopic (exact) mass is 427 g/mol. The Hall–Kier alpha value is -2.06. The van der Waals surface area contributed by atoms with E-state index in [1.165, 1.54) is 12.1 Å². The van der Waals surface area contributed by atoms with Crippen LogP contribution in [0.1, 0.15) is 22.9 Å². The molecule has 9 heteroatoms. The van der Waals surface area contributed by atoms with E-state index in [1.807, 2.05) is 0 Å². The van der Waals surface area contributed by atoms with Crippen LogP contribution in [0, 0.1) is 11.6 Å². The number of aromatic nitrogens is 3. The Labute approximate surface area is 170 Å². The third kappa shape index (κ3) is 5.26. The average molecular weight is 428 g/mol. The van der Waals surface area contributed by atoms with Crippen molar-refractivity contribution in [3.05, 3.63) is 81.1 Å². The predicted molar refractivity (Wildman–Crippen MR) is 101 cm³/mol. The summed E-state index contributed by atoms with van der Waals surface area (Å²) in [5.74, 6) is -1.34. The fraction of sp³-hybridized carbons (Fsp3) is 0.263. The largest absolute Gasteiger partial charge is 0.396 e. The lowest BCUT2D eigenvalue weighted by Gasteiger charge is -2.20. The topological polar surface area (TPSA) is 60.2 Å². The van der Waals surface area contributed by atoms with Gasteiger partial charge in [0.25, 0.3) is 0 Å². The summed E-state index contributed by atoms with van der Waals surface area (Å²) in [5, 5.41) is 17.9. The molecule has 0 radical (unpaired) electrons. The number of ether oxygens (including phenoxy) is 1. The van der Waals surface area contributed by atoms with E-state index in [1.54, 1.807) is 29.1 Å². The van der Waals surface area contributed by atoms with Crippen molar-refractivity contribution in [1.82, 2.24) is 15.0 Å². The fourth-order valence-corrected chi connectivity index (χ4v) is 3.19. The van der Waals surface area contributed by atoms with Crippen molar-refractivity contribution in [3.8, 4) is 0 Å². The molecule has 1 unspecified atom stereocenters. The molecule has 0 fully saturated rings. The summed E-state index contributed by atoms with van der Waals surface area (Å²) in [6.45, 7) is 0.127. The summed E-state index contributed by atoms with van der Waals surface area (Å²) in [7, 11) is 0. The van der Waals surface area contributed by atoms with Gasteiger partial charge in [0.15, 0.2) is 0 Å². The lowest BCUT2D eigenvalue weighted by Crippen LogP contribution is -2.14. The highest BCUT2D eigenvalue weighted by Crippen LogP contribution is 2.30. The Morgan fingerprint density at radius 1 is 1.14 bits per heavy atom. The molecule has 0 aliphatic rings. The Balaban J connectivity index is 1.82. The lowest BCUT2D eigenvalue weighted by molar-refractivity contribution is 0.0240. The highest BCUT2D eigenvalue weighted by molar-refractivity contribution is 6.35. The van der Waals surface area contributed by atoms with Gasteiger partial charge in [-0.2, -0.15) is 0 Å². The van der Waals surface area contributed by atoms with Crippen LogP contribution in [-0.2, 0) is 24.3 Å². The third-order valence-electron chi connectivity index (χ3n) is 4.07. The second-order valence-corrected chi connectivity index (χ2v) is 6.95. The molecular formula is C19H17Cl2F2N3O2. The molecular weight excluding hydrogens is 411 g/mol. The second kappa shape index (κ2) is 9.43. The molecule has 3 rings (SSSR count). The first-order valence-electron chi connectivity index (χ1n) is 8.46. The van der Waals surface area contributed by atoms with Gasteiger partial charge in [0.1, 0.15) is 17.7 Å². The number of hydrogen-bond acceptors (Lipinski definition) is 4. The minimum absolute atomic E-state index is 0.0362. The van der Waals surface area contributed by atoms with E-state index in [-0.39, 0.29) is 25.3 Å². The van der Waals surface area contributed by atoms with Gasteiger partial charge >= 0.3 is 0 Å². The number of nitrogens with zero attached hydrogens (tertiary/aromatic N) is 3. The fourth-order valence-electron chi connectivity index (χ4n) is 2.66. The molecule has 1 atom stereocenters. The van der Waals surface area contributed by atoms with E-state index in [0.717, 1.165) is 6.07 Å². The Morgan fingerprint density at radius 3 is 2.68 bits per heavy atom. The van der Waals surface area contributed by atoms with Crippen LogP contribution >= 0.6 is 23.2 Å². The summed E-state index contributed by atoms with van der Waals surface area (Å²) in [5.41, 5.74) is 1.50. The number of aliphatic hydroxyl groups is 1. The molecule has 0 saturated carbocycles.